The number of halogens is 1. The lowest BCUT2D eigenvalue weighted by molar-refractivity contribution is -0.129. The molecule has 1 aliphatic heterocycles. The lowest BCUT2D eigenvalue weighted by Crippen LogP contribution is -2.34. The second kappa shape index (κ2) is 5.88. The Kier molecular flexibility index (Phi) is 4.42. The molecule has 0 spiro atoms. The molecule has 2 heterocycles. The number of hydrogen-bond acceptors (Lipinski definition) is 3. The van der Waals surface area contributed by atoms with E-state index in [2.05, 4.69) is 4.98 Å². The first kappa shape index (κ1) is 14.3. The van der Waals surface area contributed by atoms with Crippen molar-refractivity contribution in [2.24, 2.45) is 17.6 Å². The van der Waals surface area contributed by atoms with Crippen LogP contribution in [0.1, 0.15) is 18.4 Å². The number of amides is 1. The number of hydrogen-bond donors (Lipinski definition) is 1. The number of fused-ring (bicyclic) bond motifs is 1. The van der Waals surface area contributed by atoms with Crippen molar-refractivity contribution >= 4 is 18.3 Å². The van der Waals surface area contributed by atoms with Crippen LogP contribution in [0.5, 0.6) is 0 Å². The van der Waals surface area contributed by atoms with Gasteiger partial charge in [-0.15, -0.1) is 12.4 Å². The summed E-state index contributed by atoms with van der Waals surface area (Å²) in [5.41, 5.74) is 7.08. The second-order valence-corrected chi connectivity index (χ2v) is 5.50. The van der Waals surface area contributed by atoms with E-state index in [1.165, 1.54) is 6.42 Å². The van der Waals surface area contributed by atoms with Gasteiger partial charge in [-0.2, -0.15) is 0 Å². The fourth-order valence-electron chi connectivity index (χ4n) is 3.30. The van der Waals surface area contributed by atoms with Gasteiger partial charge in [-0.1, -0.05) is 6.07 Å². The van der Waals surface area contributed by atoms with Gasteiger partial charge >= 0.3 is 0 Å². The summed E-state index contributed by atoms with van der Waals surface area (Å²) in [5, 5.41) is 0. The molecule has 2 fully saturated rings. The van der Waals surface area contributed by atoms with Crippen molar-refractivity contribution in [3.05, 3.63) is 30.1 Å². The zero-order chi connectivity index (χ0) is 12.5. The third-order valence-corrected chi connectivity index (χ3v) is 4.34. The van der Waals surface area contributed by atoms with Crippen LogP contribution in [0.25, 0.3) is 0 Å². The molecule has 4 nitrogen and oxygen atoms in total. The summed E-state index contributed by atoms with van der Waals surface area (Å²) in [6, 6.07) is 4.12. The molecule has 3 atom stereocenters. The normalized spacial score (nSPS) is 28.9. The van der Waals surface area contributed by atoms with E-state index in [9.17, 15) is 4.79 Å². The number of pyridine rings is 1. The number of nitrogens with zero attached hydrogens (tertiary/aromatic N) is 2. The lowest BCUT2D eigenvalue weighted by Gasteiger charge is -2.18. The van der Waals surface area contributed by atoms with Crippen molar-refractivity contribution in [1.82, 2.24) is 9.88 Å². The lowest BCUT2D eigenvalue weighted by atomic mass is 9.98. The molecule has 0 aromatic carbocycles. The number of likely N-dealkylation sites (tertiary alicyclic amines) is 1. The Labute approximate surface area is 119 Å². The van der Waals surface area contributed by atoms with Gasteiger partial charge in [-0.3, -0.25) is 9.78 Å². The summed E-state index contributed by atoms with van der Waals surface area (Å²) in [4.78, 5) is 18.2. The number of carbonyl (C=O) groups is 1. The van der Waals surface area contributed by atoms with E-state index in [-0.39, 0.29) is 18.3 Å². The summed E-state index contributed by atoms with van der Waals surface area (Å²) >= 11 is 0. The van der Waals surface area contributed by atoms with Gasteiger partial charge in [0, 0.05) is 31.5 Å². The largest absolute Gasteiger partial charge is 0.342 e. The minimum absolute atomic E-state index is 0. The molecular formula is C14H20ClN3O. The van der Waals surface area contributed by atoms with Gasteiger partial charge in [0.1, 0.15) is 0 Å². The summed E-state index contributed by atoms with van der Waals surface area (Å²) < 4.78 is 0. The maximum Gasteiger partial charge on any atom is 0.227 e. The van der Waals surface area contributed by atoms with Crippen molar-refractivity contribution in [2.75, 3.05) is 13.1 Å². The fourth-order valence-corrected chi connectivity index (χ4v) is 3.30. The Bertz CT molecular complexity index is 440. The zero-order valence-corrected chi connectivity index (χ0v) is 11.7. The Morgan fingerprint density at radius 1 is 1.42 bits per heavy atom. The Balaban J connectivity index is 0.00000133. The van der Waals surface area contributed by atoms with E-state index in [4.69, 9.17) is 5.73 Å². The monoisotopic (exact) mass is 281 g/mol. The molecule has 19 heavy (non-hydrogen) atoms. The number of rotatable bonds is 2. The predicted molar refractivity (Wildman–Crippen MR) is 76.0 cm³/mol. The molecule has 3 unspecified atom stereocenters. The van der Waals surface area contributed by atoms with Gasteiger partial charge in [0.05, 0.1) is 6.42 Å². The highest BCUT2D eigenvalue weighted by Crippen LogP contribution is 2.37. The second-order valence-electron chi connectivity index (χ2n) is 5.50. The Morgan fingerprint density at radius 3 is 2.95 bits per heavy atom. The predicted octanol–water partition coefficient (Wildman–Crippen LogP) is 1.24. The number of nitrogens with two attached hydrogens (primary N) is 1. The minimum Gasteiger partial charge on any atom is -0.342 e. The molecule has 1 saturated heterocycles. The summed E-state index contributed by atoms with van der Waals surface area (Å²) in [6.45, 7) is 1.75. The van der Waals surface area contributed by atoms with E-state index in [0.717, 1.165) is 25.1 Å². The molecule has 104 valence electrons. The van der Waals surface area contributed by atoms with Crippen LogP contribution in [0.4, 0.5) is 0 Å². The Hall–Kier alpha value is -1.13. The van der Waals surface area contributed by atoms with Crippen LogP contribution >= 0.6 is 12.4 Å². The van der Waals surface area contributed by atoms with Gasteiger partial charge in [0.15, 0.2) is 0 Å². The summed E-state index contributed by atoms with van der Waals surface area (Å²) in [5.74, 6) is 1.38. The first-order valence-electron chi connectivity index (χ1n) is 6.66. The van der Waals surface area contributed by atoms with Crippen molar-refractivity contribution in [3.63, 3.8) is 0 Å². The van der Waals surface area contributed by atoms with E-state index in [1.54, 1.807) is 12.4 Å². The molecule has 1 saturated carbocycles. The molecule has 2 N–H and O–H groups in total. The molecule has 0 bridgehead atoms. The first-order valence-corrected chi connectivity index (χ1v) is 6.66. The molecule has 1 amide bonds. The van der Waals surface area contributed by atoms with Gasteiger partial charge in [-0.25, -0.2) is 0 Å². The molecule has 1 aromatic heterocycles. The Morgan fingerprint density at radius 2 is 2.26 bits per heavy atom. The quantitative estimate of drug-likeness (QED) is 0.887. The van der Waals surface area contributed by atoms with Gasteiger partial charge in [0.25, 0.3) is 0 Å². The highest BCUT2D eigenvalue weighted by molar-refractivity contribution is 5.85. The van der Waals surface area contributed by atoms with Crippen LogP contribution in [0.3, 0.4) is 0 Å². The van der Waals surface area contributed by atoms with Crippen LogP contribution in [-0.4, -0.2) is 34.9 Å². The molecule has 3 rings (SSSR count). The van der Waals surface area contributed by atoms with Crippen LogP contribution in [0.15, 0.2) is 24.5 Å². The summed E-state index contributed by atoms with van der Waals surface area (Å²) in [7, 11) is 0. The molecule has 1 aliphatic carbocycles. The third kappa shape index (κ3) is 2.90. The van der Waals surface area contributed by atoms with E-state index < -0.39 is 0 Å². The standard InChI is InChI=1S/C14H19N3O.ClH/c15-13-4-3-11-8-17(9-12(11)13)14(18)6-10-2-1-5-16-7-10;/h1-2,5,7,11-13H,3-4,6,8-9,15H2;1H. The topological polar surface area (TPSA) is 59.2 Å². The highest BCUT2D eigenvalue weighted by atomic mass is 35.5. The van der Waals surface area contributed by atoms with E-state index >= 15 is 0 Å². The van der Waals surface area contributed by atoms with Gasteiger partial charge < -0.3 is 10.6 Å². The van der Waals surface area contributed by atoms with Crippen LogP contribution < -0.4 is 5.73 Å². The van der Waals surface area contributed by atoms with Crippen molar-refractivity contribution < 1.29 is 4.79 Å². The average Bonchev–Trinajstić information content (AvgIpc) is 2.93. The molecular weight excluding hydrogens is 262 g/mol. The first-order chi connectivity index (χ1) is 8.74. The van der Waals surface area contributed by atoms with Gasteiger partial charge in [0.2, 0.25) is 5.91 Å². The van der Waals surface area contributed by atoms with Crippen LogP contribution in [0, 0.1) is 11.8 Å². The summed E-state index contributed by atoms with van der Waals surface area (Å²) in [6.07, 6.45) is 6.26. The van der Waals surface area contributed by atoms with Gasteiger partial charge in [-0.05, 0) is 36.3 Å². The number of carbonyl (C=O) groups excluding carboxylic acids is 1. The molecule has 2 aliphatic rings. The average molecular weight is 282 g/mol. The van der Waals surface area contributed by atoms with Crippen molar-refractivity contribution in [2.45, 2.75) is 25.3 Å². The SMILES string of the molecule is Cl.NC1CCC2CN(C(=O)Cc3cccnc3)CC12. The van der Waals surface area contributed by atoms with Crippen molar-refractivity contribution in [1.29, 1.82) is 0 Å². The maximum absolute atomic E-state index is 12.2. The maximum atomic E-state index is 12.2. The van der Waals surface area contributed by atoms with Crippen LogP contribution in [0.2, 0.25) is 0 Å². The van der Waals surface area contributed by atoms with Crippen molar-refractivity contribution in [3.8, 4) is 0 Å². The number of aromatic nitrogens is 1. The molecule has 5 heteroatoms. The smallest absolute Gasteiger partial charge is 0.227 e. The van der Waals surface area contributed by atoms with E-state index in [1.807, 2.05) is 17.0 Å². The van der Waals surface area contributed by atoms with Crippen LogP contribution in [-0.2, 0) is 11.2 Å². The minimum atomic E-state index is 0. The fraction of sp³-hybridized carbons (Fsp3) is 0.571. The zero-order valence-electron chi connectivity index (χ0n) is 10.9. The molecule has 0 radical (unpaired) electrons. The highest BCUT2D eigenvalue weighted by Gasteiger charge is 2.42. The third-order valence-electron chi connectivity index (χ3n) is 4.34. The molecule has 1 aromatic rings. The van der Waals surface area contributed by atoms with E-state index in [0.29, 0.717) is 24.3 Å².